The summed E-state index contributed by atoms with van der Waals surface area (Å²) in [5, 5.41) is 8.22. The minimum absolute atomic E-state index is 0.0715. The van der Waals surface area contributed by atoms with Crippen LogP contribution in [0.25, 0.3) is 1.43 Å². The number of aliphatic carboxylic acids is 1. The second-order valence-electron chi connectivity index (χ2n) is 6.81. The highest BCUT2D eigenvalue weighted by molar-refractivity contribution is 8.02. The summed E-state index contributed by atoms with van der Waals surface area (Å²) in [6, 6.07) is -9.30. The van der Waals surface area contributed by atoms with Crippen molar-refractivity contribution in [2.45, 2.75) is 61.7 Å². The molecule has 4 N–H and O–H groups in total. The minimum Gasteiger partial charge on any atom is -0.508 e. The molecule has 2 heterocycles. The molecule has 9 heteroatoms. The van der Waals surface area contributed by atoms with Gasteiger partial charge in [-0.1, -0.05) is 12.1 Å². The number of phenols is 1. The molecule has 4 atom stereocenters. The molecule has 1 aromatic carbocycles. The minimum atomic E-state index is -3.78. The molecule has 29 heavy (non-hydrogen) atoms. The Kier molecular flexibility index (Phi) is 2.12. The number of carbonyl (C=O) groups is 3. The van der Waals surface area contributed by atoms with Crippen LogP contribution in [0.3, 0.4) is 0 Å². The van der Waals surface area contributed by atoms with E-state index in [1.165, 1.54) is 6.92 Å². The molecule has 2 aliphatic heterocycles. The lowest BCUT2D eigenvalue weighted by molar-refractivity contribution is -0.167. The Bertz CT molecular complexity index is 1400. The lowest BCUT2D eigenvalue weighted by atomic mass is 9.86. The van der Waals surface area contributed by atoms with Gasteiger partial charge in [0.05, 0.1) is 6.85 Å². The van der Waals surface area contributed by atoms with Gasteiger partial charge in [0.15, 0.2) is 1.41 Å². The maximum absolute atomic E-state index is 14.1. The summed E-state index contributed by atoms with van der Waals surface area (Å²) in [4.78, 5) is 38.1. The van der Waals surface area contributed by atoms with Crippen molar-refractivity contribution in [1.82, 2.24) is 15.5 Å². The van der Waals surface area contributed by atoms with Crippen molar-refractivity contribution in [3.63, 3.8) is 0 Å². The van der Waals surface area contributed by atoms with Crippen LogP contribution in [0, 0.1) is 6.92 Å². The number of likely N-dealkylation sites (N-methyl/N-ethyl adjacent to an activating group) is 1. The zero-order valence-electron chi connectivity index (χ0n) is 30.8. The smallest absolute Gasteiger partial charge is 0.327 e. The van der Waals surface area contributed by atoms with Crippen LogP contribution in [0.15, 0.2) is 18.1 Å². The number of hydrogen-bond donors (Lipinski definition) is 4. The van der Waals surface area contributed by atoms with Gasteiger partial charge in [0.2, 0.25) is 5.91 Å². The molecular weight excluding hydrogens is 394 g/mol. The van der Waals surface area contributed by atoms with Crippen molar-refractivity contribution in [3.05, 3.63) is 29.3 Å². The zero-order chi connectivity index (χ0) is 34.5. The van der Waals surface area contributed by atoms with Crippen molar-refractivity contribution in [2.24, 2.45) is 0 Å². The number of rotatable bonds is 6. The number of thioether (sulfide) groups is 1. The van der Waals surface area contributed by atoms with E-state index in [9.17, 15) is 14.4 Å². The lowest BCUT2D eigenvalue weighted by Gasteiger charge is -2.52. The van der Waals surface area contributed by atoms with E-state index in [0.717, 1.165) is 20.9 Å². The number of carbonyl (C=O) groups excluding carboxylic acids is 2. The van der Waals surface area contributed by atoms with Crippen LogP contribution in [-0.2, 0) is 19.9 Å². The molecule has 3 rings (SSSR count). The van der Waals surface area contributed by atoms with E-state index in [1.807, 2.05) is 0 Å². The van der Waals surface area contributed by atoms with Crippen molar-refractivity contribution in [1.29, 1.82) is 2.86 Å². The first kappa shape index (κ1) is 9.26. The quantitative estimate of drug-likeness (QED) is 0.494. The Labute approximate surface area is 195 Å². The van der Waals surface area contributed by atoms with E-state index in [2.05, 4.69) is 10.2 Å². The average molecular weight is 437 g/mol. The van der Waals surface area contributed by atoms with E-state index >= 15 is 0 Å². The number of nitrogens with one attached hydrogen (secondary N) is 2. The molecule has 1 aromatic rings. The monoisotopic (exact) mass is 436 g/mol. The Morgan fingerprint density at radius 3 is 2.83 bits per heavy atom. The number of β-lactam (4-membered cyclic amide) rings is 1. The number of benzene rings is 1. The van der Waals surface area contributed by atoms with Gasteiger partial charge >= 0.3 is 5.97 Å². The highest BCUT2D eigenvalue weighted by Crippen LogP contribution is 2.58. The van der Waals surface area contributed by atoms with Gasteiger partial charge in [-0.25, -0.2) is 4.79 Å². The number of carboxylic acids is 1. The molecule has 0 aromatic heterocycles. The number of carboxylic acid groups (broad SMARTS) is 1. The van der Waals surface area contributed by atoms with Gasteiger partial charge < -0.3 is 25.7 Å². The van der Waals surface area contributed by atoms with Crippen molar-refractivity contribution in [2.75, 3.05) is 7.05 Å². The first-order valence-corrected chi connectivity index (χ1v) is 9.03. The van der Waals surface area contributed by atoms with Gasteiger partial charge in [0, 0.05) is 13.0 Å². The standard InChI is InChI=1S/C20H27N3O5S/c1-10-9-11(7-8-12(10)24)19(4,21-6)17(28)22-13-15(25)23-14(16(26)27)18(2,3)29-20(13,23)5/h7-9,13-14,21,24H,1-6H3,(H,22,28)(H,26,27)/t13-,14+,19-,20-/m1/s1/i2D3,3D3,7D,8D,9D,13D,14D/hD4. The van der Waals surface area contributed by atoms with Crippen LogP contribution in [0.5, 0.6) is 5.75 Å². The number of nitrogens with zero attached hydrogens (tertiary/aromatic N) is 1. The van der Waals surface area contributed by atoms with Gasteiger partial charge in [-0.05, 0) is 58.7 Å². The van der Waals surface area contributed by atoms with E-state index < -0.39 is 88.1 Å². The highest BCUT2D eigenvalue weighted by atomic mass is 32.2. The maximum Gasteiger partial charge on any atom is 0.327 e. The third kappa shape index (κ3) is 2.98. The van der Waals surface area contributed by atoms with Crippen molar-refractivity contribution in [3.8, 4) is 5.75 Å². The van der Waals surface area contributed by atoms with Crippen LogP contribution < -0.4 is 10.6 Å². The van der Waals surface area contributed by atoms with Crippen LogP contribution in [0.2, 0.25) is 2.82 Å². The average Bonchev–Trinajstić information content (AvgIpc) is 3.14. The first-order chi connectivity index (χ1) is 19.7. The second-order valence-corrected chi connectivity index (χ2v) is 8.42. The maximum atomic E-state index is 14.1. The van der Waals surface area contributed by atoms with E-state index in [0.29, 0.717) is 5.31 Å². The molecule has 0 saturated carbocycles. The van der Waals surface area contributed by atoms with E-state index in [4.69, 9.17) is 20.8 Å². The van der Waals surface area contributed by atoms with Crippen LogP contribution in [0.4, 0.5) is 0 Å². The van der Waals surface area contributed by atoms with Crippen LogP contribution in [0.1, 0.15) is 53.8 Å². The fraction of sp³-hybridized carbons (Fsp3) is 0.550. The van der Waals surface area contributed by atoms with Gasteiger partial charge in [0.1, 0.15) is 29.6 Å². The fourth-order valence-electron chi connectivity index (χ4n) is 3.11. The van der Waals surface area contributed by atoms with Crippen molar-refractivity contribution < 1.29 is 42.5 Å². The molecule has 0 radical (unpaired) electrons. The number of fused-ring (bicyclic) bond motifs is 1. The number of hydrogen-bond acceptors (Lipinski definition) is 7. The Morgan fingerprint density at radius 1 is 1.52 bits per heavy atom. The fourth-order valence-corrected chi connectivity index (χ4v) is 4.47. The van der Waals surface area contributed by atoms with E-state index in [-0.39, 0.29) is 27.5 Å². The summed E-state index contributed by atoms with van der Waals surface area (Å²) < 4.78 is 119. The largest absolute Gasteiger partial charge is 0.508 e. The van der Waals surface area contributed by atoms with E-state index in [1.54, 1.807) is 0 Å². The summed E-state index contributed by atoms with van der Waals surface area (Å²) in [6.45, 7) is -4.56. The van der Waals surface area contributed by atoms with Gasteiger partial charge in [-0.3, -0.25) is 9.59 Å². The number of aromatic hydroxyl groups is 1. The first-order valence-electron chi connectivity index (χ1n) is 15.4. The van der Waals surface area contributed by atoms with Crippen LogP contribution >= 0.6 is 11.8 Å². The molecule has 2 aliphatic rings. The van der Waals surface area contributed by atoms with Gasteiger partial charge in [0.25, 0.3) is 8.77 Å². The predicted molar refractivity (Wildman–Crippen MR) is 110 cm³/mol. The Hall–Kier alpha value is -2.26. The molecule has 2 saturated heterocycles. The molecular formula is C20H27N3O5S. The van der Waals surface area contributed by atoms with Gasteiger partial charge in [-0.15, -0.1) is 11.8 Å². The third-order valence-corrected chi connectivity index (χ3v) is 6.16. The molecule has 158 valence electrons. The second kappa shape index (κ2) is 6.63. The molecule has 0 aliphatic carbocycles. The van der Waals surface area contributed by atoms with Crippen LogP contribution in [-0.4, -0.2) is 63.0 Å². The molecule has 2 amide bonds. The predicted octanol–water partition coefficient (Wildman–Crippen LogP) is 1.16. The van der Waals surface area contributed by atoms with Crippen molar-refractivity contribution >= 4 is 29.5 Å². The highest BCUT2D eigenvalue weighted by Gasteiger charge is 2.71. The lowest BCUT2D eigenvalue weighted by Crippen LogP contribution is -2.77. The Balaban J connectivity index is 2.33. The molecule has 2 fully saturated rings. The summed E-state index contributed by atoms with van der Waals surface area (Å²) in [7, 11) is 0.962. The third-order valence-electron chi connectivity index (χ3n) is 4.89. The molecule has 8 nitrogen and oxygen atoms in total. The summed E-state index contributed by atoms with van der Waals surface area (Å²) >= 11 is -0.233. The molecule has 0 spiro atoms. The summed E-state index contributed by atoms with van der Waals surface area (Å²) in [6.07, 6.45) is 0. The zero-order valence-corrected chi connectivity index (χ0v) is 16.6. The SMILES string of the molecule is [2H]OC(=O)[C@]1([2H])N2C(=O)[C@@]([2H])(N([2H])C(=O)[C@@](C)(c3c([2H])c([2H])c(O[2H])c(C)c3[2H])N([2H])C)[C@@]2(C)SC1(C([2H])([2H])[2H])C([2H])([2H])[2H]. The molecule has 0 bridgehead atoms. The normalized spacial score (nSPS) is 42.9. The van der Waals surface area contributed by atoms with Gasteiger partial charge in [-0.2, -0.15) is 0 Å². The summed E-state index contributed by atoms with van der Waals surface area (Å²) in [5.41, 5.74) is -3.47. The number of amides is 2. The summed E-state index contributed by atoms with van der Waals surface area (Å²) in [5.74, 6) is -6.03. The number of phenolic OH excluding ortho intramolecular Hbond substituents is 1. The molecule has 0 unspecified atom stereocenters. The Morgan fingerprint density at radius 2 is 2.24 bits per heavy atom. The topological polar surface area (TPSA) is 119 Å².